The summed E-state index contributed by atoms with van der Waals surface area (Å²) in [6, 6.07) is 5.97. The zero-order valence-corrected chi connectivity index (χ0v) is 13.1. The van der Waals surface area contributed by atoms with E-state index in [0.717, 1.165) is 33.8 Å². The number of fused-ring (bicyclic) bond motifs is 1. The van der Waals surface area contributed by atoms with Crippen LogP contribution in [0.4, 0.5) is 0 Å². The van der Waals surface area contributed by atoms with Crippen molar-refractivity contribution in [2.75, 3.05) is 7.11 Å². The van der Waals surface area contributed by atoms with Gasteiger partial charge in [0.25, 0.3) is 5.56 Å². The minimum absolute atomic E-state index is 0.109. The maximum atomic E-state index is 12.7. The van der Waals surface area contributed by atoms with E-state index in [2.05, 4.69) is 15.9 Å². The zero-order valence-electron chi connectivity index (χ0n) is 11.6. The highest BCUT2D eigenvalue weighted by atomic mass is 79.9. The molecule has 106 valence electrons. The molecule has 1 saturated carbocycles. The second-order valence-electron chi connectivity index (χ2n) is 5.39. The van der Waals surface area contributed by atoms with Crippen molar-refractivity contribution in [1.29, 1.82) is 0 Å². The van der Waals surface area contributed by atoms with E-state index in [4.69, 9.17) is 4.74 Å². The molecule has 0 aliphatic heterocycles. The minimum Gasteiger partial charge on any atom is -0.497 e. The van der Waals surface area contributed by atoms with Gasteiger partial charge >= 0.3 is 0 Å². The van der Waals surface area contributed by atoms with Gasteiger partial charge in [0.1, 0.15) is 5.75 Å². The Morgan fingerprint density at radius 2 is 1.95 bits per heavy atom. The Bertz CT molecular complexity index is 687. The number of methoxy groups -OCH3 is 1. The van der Waals surface area contributed by atoms with Crippen LogP contribution in [0.25, 0.3) is 10.8 Å². The minimum atomic E-state index is 0.109. The van der Waals surface area contributed by atoms with Crippen molar-refractivity contribution in [2.45, 2.75) is 38.1 Å². The SMILES string of the molecule is COc1ccc2c(=O)n(C3CCCCC3)cc(Br)c2c1. The van der Waals surface area contributed by atoms with Crippen molar-refractivity contribution in [2.24, 2.45) is 0 Å². The van der Waals surface area contributed by atoms with E-state index in [1.54, 1.807) is 7.11 Å². The molecule has 0 bridgehead atoms. The molecule has 0 amide bonds. The van der Waals surface area contributed by atoms with Gasteiger partial charge in [-0.1, -0.05) is 19.3 Å². The van der Waals surface area contributed by atoms with Crippen molar-refractivity contribution < 1.29 is 4.74 Å². The summed E-state index contributed by atoms with van der Waals surface area (Å²) in [5, 5.41) is 1.67. The molecular weight excluding hydrogens is 318 g/mol. The predicted molar refractivity (Wildman–Crippen MR) is 84.6 cm³/mol. The molecule has 2 aromatic rings. The number of hydrogen-bond acceptors (Lipinski definition) is 2. The third kappa shape index (κ3) is 2.37. The van der Waals surface area contributed by atoms with Crippen LogP contribution < -0.4 is 10.3 Å². The molecule has 0 atom stereocenters. The van der Waals surface area contributed by atoms with Gasteiger partial charge in [0.15, 0.2) is 0 Å². The number of pyridine rings is 1. The summed E-state index contributed by atoms with van der Waals surface area (Å²) in [6.07, 6.45) is 7.88. The molecule has 0 N–H and O–H groups in total. The lowest BCUT2D eigenvalue weighted by molar-refractivity contribution is 0.347. The maximum Gasteiger partial charge on any atom is 0.258 e. The fourth-order valence-electron chi connectivity index (χ4n) is 3.05. The Morgan fingerprint density at radius 1 is 1.20 bits per heavy atom. The summed E-state index contributed by atoms with van der Waals surface area (Å²) in [5.41, 5.74) is 0.109. The van der Waals surface area contributed by atoms with Crippen molar-refractivity contribution in [3.05, 3.63) is 39.2 Å². The lowest BCUT2D eigenvalue weighted by Crippen LogP contribution is -2.26. The van der Waals surface area contributed by atoms with Crippen molar-refractivity contribution in [1.82, 2.24) is 4.57 Å². The Morgan fingerprint density at radius 3 is 2.65 bits per heavy atom. The van der Waals surface area contributed by atoms with Crippen molar-refractivity contribution in [3.8, 4) is 5.75 Å². The first-order valence-electron chi connectivity index (χ1n) is 7.09. The van der Waals surface area contributed by atoms with Crippen LogP contribution in [-0.4, -0.2) is 11.7 Å². The predicted octanol–water partition coefficient (Wildman–Crippen LogP) is 4.28. The lowest BCUT2D eigenvalue weighted by atomic mass is 9.95. The molecular formula is C16H18BrNO2. The zero-order chi connectivity index (χ0) is 14.1. The number of rotatable bonds is 2. The summed E-state index contributed by atoms with van der Waals surface area (Å²) in [6.45, 7) is 0. The summed E-state index contributed by atoms with van der Waals surface area (Å²) in [7, 11) is 1.64. The third-order valence-corrected chi connectivity index (χ3v) is 4.80. The van der Waals surface area contributed by atoms with E-state index >= 15 is 0 Å². The van der Waals surface area contributed by atoms with Crippen LogP contribution in [0.3, 0.4) is 0 Å². The van der Waals surface area contributed by atoms with E-state index in [1.165, 1.54) is 19.3 Å². The summed E-state index contributed by atoms with van der Waals surface area (Å²) < 4.78 is 8.10. The van der Waals surface area contributed by atoms with Crippen LogP contribution in [0.2, 0.25) is 0 Å². The summed E-state index contributed by atoms with van der Waals surface area (Å²) in [4.78, 5) is 12.7. The molecule has 3 rings (SSSR count). The average Bonchev–Trinajstić information content (AvgIpc) is 2.51. The number of nitrogens with zero attached hydrogens (tertiary/aromatic N) is 1. The topological polar surface area (TPSA) is 31.2 Å². The highest BCUT2D eigenvalue weighted by Gasteiger charge is 2.18. The Hall–Kier alpha value is -1.29. The molecule has 1 aliphatic carbocycles. The first-order chi connectivity index (χ1) is 9.70. The lowest BCUT2D eigenvalue weighted by Gasteiger charge is -2.24. The highest BCUT2D eigenvalue weighted by molar-refractivity contribution is 9.10. The monoisotopic (exact) mass is 335 g/mol. The quantitative estimate of drug-likeness (QED) is 0.820. The molecule has 4 heteroatoms. The normalized spacial score (nSPS) is 16.5. The van der Waals surface area contributed by atoms with Gasteiger partial charge < -0.3 is 9.30 Å². The average molecular weight is 336 g/mol. The number of benzene rings is 1. The second-order valence-corrected chi connectivity index (χ2v) is 6.25. The smallest absolute Gasteiger partial charge is 0.258 e. The Labute approximate surface area is 126 Å². The number of halogens is 1. The fraction of sp³-hybridized carbons (Fsp3) is 0.438. The molecule has 1 heterocycles. The molecule has 0 unspecified atom stereocenters. The molecule has 0 radical (unpaired) electrons. The van der Waals surface area contributed by atoms with Gasteiger partial charge in [0.2, 0.25) is 0 Å². The van der Waals surface area contributed by atoms with Crippen LogP contribution in [0, 0.1) is 0 Å². The van der Waals surface area contributed by atoms with E-state index in [9.17, 15) is 4.79 Å². The molecule has 1 fully saturated rings. The van der Waals surface area contributed by atoms with Gasteiger partial charge in [0, 0.05) is 27.5 Å². The molecule has 20 heavy (non-hydrogen) atoms. The number of aromatic nitrogens is 1. The van der Waals surface area contributed by atoms with Crippen LogP contribution >= 0.6 is 15.9 Å². The fourth-order valence-corrected chi connectivity index (χ4v) is 3.60. The van der Waals surface area contributed by atoms with Gasteiger partial charge in [-0.25, -0.2) is 0 Å². The largest absolute Gasteiger partial charge is 0.497 e. The Balaban J connectivity index is 2.16. The standard InChI is InChI=1S/C16H18BrNO2/c1-20-12-7-8-13-14(9-12)15(17)10-18(16(13)19)11-5-3-2-4-6-11/h7-11H,2-6H2,1H3. The maximum absolute atomic E-state index is 12.7. The van der Waals surface area contributed by atoms with Gasteiger partial charge in [0.05, 0.1) is 7.11 Å². The van der Waals surface area contributed by atoms with E-state index in [-0.39, 0.29) is 5.56 Å². The summed E-state index contributed by atoms with van der Waals surface area (Å²) >= 11 is 3.60. The van der Waals surface area contributed by atoms with E-state index < -0.39 is 0 Å². The Kier molecular flexibility index (Phi) is 3.83. The van der Waals surface area contributed by atoms with Gasteiger partial charge in [-0.15, -0.1) is 0 Å². The van der Waals surface area contributed by atoms with E-state index in [0.29, 0.717) is 6.04 Å². The van der Waals surface area contributed by atoms with Crippen LogP contribution in [0.15, 0.2) is 33.7 Å². The highest BCUT2D eigenvalue weighted by Crippen LogP contribution is 2.30. The molecule has 3 nitrogen and oxygen atoms in total. The molecule has 1 aromatic carbocycles. The summed E-state index contributed by atoms with van der Waals surface area (Å²) in [5.74, 6) is 0.771. The number of hydrogen-bond donors (Lipinski definition) is 0. The van der Waals surface area contributed by atoms with Gasteiger partial charge in [-0.2, -0.15) is 0 Å². The number of ether oxygens (including phenoxy) is 1. The van der Waals surface area contributed by atoms with Crippen LogP contribution in [-0.2, 0) is 0 Å². The molecule has 1 aromatic heterocycles. The second kappa shape index (κ2) is 5.60. The van der Waals surface area contributed by atoms with Crippen LogP contribution in [0.1, 0.15) is 38.1 Å². The first kappa shape index (κ1) is 13.7. The molecule has 1 aliphatic rings. The van der Waals surface area contributed by atoms with E-state index in [1.807, 2.05) is 29.0 Å². The van der Waals surface area contributed by atoms with Gasteiger partial charge in [-0.3, -0.25) is 4.79 Å². The van der Waals surface area contributed by atoms with Gasteiger partial charge in [-0.05, 0) is 47.0 Å². The first-order valence-corrected chi connectivity index (χ1v) is 7.88. The van der Waals surface area contributed by atoms with Crippen LogP contribution in [0.5, 0.6) is 5.75 Å². The van der Waals surface area contributed by atoms with Crippen molar-refractivity contribution in [3.63, 3.8) is 0 Å². The van der Waals surface area contributed by atoms with Crippen molar-refractivity contribution >= 4 is 26.7 Å². The molecule has 0 saturated heterocycles. The third-order valence-electron chi connectivity index (χ3n) is 4.17. The molecule has 0 spiro atoms.